The molecular formula is C34H39Cl2F2N5O4. The van der Waals surface area contributed by atoms with Gasteiger partial charge in [-0.3, -0.25) is 19.8 Å². The third-order valence-electron chi connectivity index (χ3n) is 7.97. The van der Waals surface area contributed by atoms with Crippen LogP contribution in [-0.4, -0.2) is 42.8 Å². The van der Waals surface area contributed by atoms with Crippen LogP contribution in [0.3, 0.4) is 0 Å². The Morgan fingerprint density at radius 3 is 2.26 bits per heavy atom. The number of nitrogens with one attached hydrogen (secondary N) is 4. The Hall–Kier alpha value is -4.22. The first-order valence-corrected chi connectivity index (χ1v) is 15.6. The Labute approximate surface area is 283 Å². The molecule has 1 fully saturated rings. The molecule has 0 bridgehead atoms. The standard InChI is InChI=1S/C34H38ClF2N5O4.ClH/c35-29-27(37)18-25(36)19-28(29)46-16-15-40-34(45)30(23-9-5-2-6-10-23)42-33(44)26(17-21-11-13-24(14-12-21)31(38)39)32(43)41-20-22-7-3-1-4-8-22;/h1,3-4,7-8,11-14,18-19,23,26,30H,2,5-6,9-10,15-17,20H2,(H3,38,39)(H,40,45)(H,41,43)(H,42,44);1H/t26?,30-;/m0./s1. The summed E-state index contributed by atoms with van der Waals surface area (Å²) < 4.78 is 32.7. The molecule has 3 aromatic rings. The molecule has 2 atom stereocenters. The van der Waals surface area contributed by atoms with E-state index >= 15 is 0 Å². The molecule has 3 amide bonds. The van der Waals surface area contributed by atoms with Gasteiger partial charge in [0.2, 0.25) is 17.7 Å². The number of amidine groups is 1. The van der Waals surface area contributed by atoms with Crippen molar-refractivity contribution in [2.24, 2.45) is 17.6 Å². The van der Waals surface area contributed by atoms with Crippen LogP contribution in [-0.2, 0) is 27.3 Å². The molecule has 1 saturated carbocycles. The maximum Gasteiger partial charge on any atom is 0.242 e. The van der Waals surface area contributed by atoms with Gasteiger partial charge in [0.25, 0.3) is 0 Å². The van der Waals surface area contributed by atoms with Gasteiger partial charge in [-0.1, -0.05) is 85.5 Å². The van der Waals surface area contributed by atoms with Gasteiger partial charge < -0.3 is 26.4 Å². The van der Waals surface area contributed by atoms with E-state index in [0.29, 0.717) is 17.2 Å². The number of nitrogens with two attached hydrogens (primary N) is 1. The van der Waals surface area contributed by atoms with Crippen LogP contribution in [0.5, 0.6) is 5.75 Å². The molecule has 9 nitrogen and oxygen atoms in total. The fraction of sp³-hybridized carbons (Fsp3) is 0.353. The van der Waals surface area contributed by atoms with Gasteiger partial charge in [-0.25, -0.2) is 8.78 Å². The van der Waals surface area contributed by atoms with Crippen LogP contribution in [0, 0.1) is 28.9 Å². The summed E-state index contributed by atoms with van der Waals surface area (Å²) in [6, 6.07) is 16.7. The first-order chi connectivity index (χ1) is 22.1. The summed E-state index contributed by atoms with van der Waals surface area (Å²) in [5, 5.41) is 15.7. The molecular weight excluding hydrogens is 651 g/mol. The van der Waals surface area contributed by atoms with Crippen molar-refractivity contribution in [3.63, 3.8) is 0 Å². The van der Waals surface area contributed by atoms with E-state index in [1.54, 1.807) is 24.3 Å². The number of carbonyl (C=O) groups excluding carboxylic acids is 3. The first kappa shape index (κ1) is 37.2. The molecule has 0 aromatic heterocycles. The number of amides is 3. The molecule has 13 heteroatoms. The average Bonchev–Trinajstić information content (AvgIpc) is 3.06. The SMILES string of the molecule is Cl.N=C(N)c1ccc(CC(C(=O)NCc2ccccc2)C(=O)N[C@H](C(=O)NCCOc2cc(F)cc(F)c2Cl)C2CCCCC2)cc1. The van der Waals surface area contributed by atoms with E-state index < -0.39 is 41.3 Å². The fourth-order valence-corrected chi connectivity index (χ4v) is 5.63. The molecule has 0 heterocycles. The highest BCUT2D eigenvalue weighted by molar-refractivity contribution is 6.32. The summed E-state index contributed by atoms with van der Waals surface area (Å²) in [6.45, 7) is 0.0782. The molecule has 1 aliphatic carbocycles. The minimum absolute atomic E-state index is 0. The average molecular weight is 691 g/mol. The molecule has 0 saturated heterocycles. The maximum atomic E-state index is 13.8. The summed E-state index contributed by atoms with van der Waals surface area (Å²) in [5.41, 5.74) is 7.64. The van der Waals surface area contributed by atoms with Gasteiger partial charge in [0, 0.05) is 24.2 Å². The number of carbonyl (C=O) groups is 3. The Morgan fingerprint density at radius 1 is 0.915 bits per heavy atom. The lowest BCUT2D eigenvalue weighted by atomic mass is 9.83. The van der Waals surface area contributed by atoms with Crippen molar-refractivity contribution in [3.05, 3.63) is 100 Å². The molecule has 0 radical (unpaired) electrons. The van der Waals surface area contributed by atoms with E-state index in [-0.39, 0.29) is 61.0 Å². The van der Waals surface area contributed by atoms with Crippen LogP contribution >= 0.6 is 24.0 Å². The van der Waals surface area contributed by atoms with Crippen molar-refractivity contribution >= 4 is 47.6 Å². The second kappa shape index (κ2) is 18.2. The van der Waals surface area contributed by atoms with E-state index in [9.17, 15) is 23.2 Å². The lowest BCUT2D eigenvalue weighted by Crippen LogP contribution is -2.55. The Kier molecular flexibility index (Phi) is 14.4. The van der Waals surface area contributed by atoms with Crippen molar-refractivity contribution in [2.75, 3.05) is 13.2 Å². The number of hydrogen-bond acceptors (Lipinski definition) is 5. The maximum absolute atomic E-state index is 13.8. The lowest BCUT2D eigenvalue weighted by molar-refractivity contribution is -0.138. The van der Waals surface area contributed by atoms with Crippen molar-refractivity contribution in [1.29, 1.82) is 5.41 Å². The first-order valence-electron chi connectivity index (χ1n) is 15.2. The van der Waals surface area contributed by atoms with E-state index in [2.05, 4.69) is 16.0 Å². The molecule has 6 N–H and O–H groups in total. The Bertz CT molecular complexity index is 1520. The molecule has 0 spiro atoms. The molecule has 3 aromatic carbocycles. The van der Waals surface area contributed by atoms with Crippen LogP contribution in [0.15, 0.2) is 66.7 Å². The van der Waals surface area contributed by atoms with Crippen molar-refractivity contribution in [3.8, 4) is 5.75 Å². The lowest BCUT2D eigenvalue weighted by Gasteiger charge is -2.31. The number of hydrogen-bond donors (Lipinski definition) is 5. The van der Waals surface area contributed by atoms with Gasteiger partial charge in [0.15, 0.2) is 0 Å². The monoisotopic (exact) mass is 689 g/mol. The normalized spacial score (nSPS) is 14.2. The number of ether oxygens (including phenoxy) is 1. The van der Waals surface area contributed by atoms with Crippen molar-refractivity contribution < 1.29 is 27.9 Å². The fourth-order valence-electron chi connectivity index (χ4n) is 5.47. The van der Waals surface area contributed by atoms with Gasteiger partial charge in [-0.05, 0) is 36.3 Å². The molecule has 1 unspecified atom stereocenters. The Morgan fingerprint density at radius 2 is 1.60 bits per heavy atom. The summed E-state index contributed by atoms with van der Waals surface area (Å²) in [4.78, 5) is 40.8. The van der Waals surface area contributed by atoms with Crippen LogP contribution in [0.4, 0.5) is 8.78 Å². The summed E-state index contributed by atoms with van der Waals surface area (Å²) in [5.74, 6) is -4.93. The van der Waals surface area contributed by atoms with Gasteiger partial charge in [-0.2, -0.15) is 0 Å². The predicted octanol–water partition coefficient (Wildman–Crippen LogP) is 5.06. The van der Waals surface area contributed by atoms with Gasteiger partial charge >= 0.3 is 0 Å². The van der Waals surface area contributed by atoms with Crippen LogP contribution < -0.4 is 26.4 Å². The minimum Gasteiger partial charge on any atom is -0.490 e. The second-order valence-corrected chi connectivity index (χ2v) is 11.7. The topological polar surface area (TPSA) is 146 Å². The van der Waals surface area contributed by atoms with E-state index in [1.807, 2.05) is 30.3 Å². The van der Waals surface area contributed by atoms with E-state index in [1.165, 1.54) is 0 Å². The van der Waals surface area contributed by atoms with Crippen LogP contribution in [0.1, 0.15) is 48.8 Å². The number of halogens is 4. The minimum atomic E-state index is -1.15. The highest BCUT2D eigenvalue weighted by atomic mass is 35.5. The molecule has 0 aliphatic heterocycles. The number of benzene rings is 3. The zero-order valence-electron chi connectivity index (χ0n) is 25.7. The van der Waals surface area contributed by atoms with Crippen LogP contribution in [0.25, 0.3) is 0 Å². The molecule has 252 valence electrons. The van der Waals surface area contributed by atoms with Gasteiger partial charge in [0.05, 0.1) is 6.54 Å². The molecule has 4 rings (SSSR count). The number of nitrogen functional groups attached to an aromatic ring is 1. The third-order valence-corrected chi connectivity index (χ3v) is 8.33. The van der Waals surface area contributed by atoms with Crippen LogP contribution in [0.2, 0.25) is 5.02 Å². The summed E-state index contributed by atoms with van der Waals surface area (Å²) >= 11 is 5.86. The zero-order chi connectivity index (χ0) is 33.1. The predicted molar refractivity (Wildman–Crippen MR) is 179 cm³/mol. The smallest absolute Gasteiger partial charge is 0.242 e. The van der Waals surface area contributed by atoms with Crippen molar-refractivity contribution in [2.45, 2.75) is 51.1 Å². The highest BCUT2D eigenvalue weighted by Gasteiger charge is 2.35. The summed E-state index contributed by atoms with van der Waals surface area (Å²) in [6.07, 6.45) is 4.34. The third kappa shape index (κ3) is 10.9. The van der Waals surface area contributed by atoms with E-state index in [0.717, 1.165) is 43.7 Å². The van der Waals surface area contributed by atoms with Gasteiger partial charge in [0.1, 0.15) is 46.8 Å². The number of rotatable bonds is 14. The highest BCUT2D eigenvalue weighted by Crippen LogP contribution is 2.29. The largest absolute Gasteiger partial charge is 0.490 e. The van der Waals surface area contributed by atoms with Gasteiger partial charge in [-0.15, -0.1) is 12.4 Å². The van der Waals surface area contributed by atoms with Crippen molar-refractivity contribution in [1.82, 2.24) is 16.0 Å². The molecule has 47 heavy (non-hydrogen) atoms. The quantitative estimate of drug-likeness (QED) is 0.0528. The summed E-state index contributed by atoms with van der Waals surface area (Å²) in [7, 11) is 0. The second-order valence-electron chi connectivity index (χ2n) is 11.3. The van der Waals surface area contributed by atoms with E-state index in [4.69, 9.17) is 27.5 Å². The molecule has 1 aliphatic rings. The Balaban J connectivity index is 0.00000600. The zero-order valence-corrected chi connectivity index (χ0v) is 27.3.